The largest absolute Gasteiger partial charge is 0.492 e. The lowest BCUT2D eigenvalue weighted by atomic mass is 10.3. The first-order valence-corrected chi connectivity index (χ1v) is 9.22. The maximum Gasteiger partial charge on any atom is 0.170 e. The Morgan fingerprint density at radius 3 is 2.91 bits per heavy atom. The Morgan fingerprint density at radius 2 is 2.13 bits per heavy atom. The molecule has 1 aromatic heterocycles. The molecular weight excluding hydrogens is 328 g/mol. The molecule has 0 fully saturated rings. The van der Waals surface area contributed by atoms with Crippen LogP contribution < -0.4 is 15.4 Å². The van der Waals surface area contributed by atoms with Crippen LogP contribution in [0, 0.1) is 0 Å². The van der Waals surface area contributed by atoms with Crippen molar-refractivity contribution >= 4 is 34.8 Å². The molecule has 0 aliphatic rings. The normalized spacial score (nSPS) is 10.3. The molecule has 1 aromatic carbocycles. The second kappa shape index (κ2) is 10.2. The highest BCUT2D eigenvalue weighted by Gasteiger charge is 2.04. The highest BCUT2D eigenvalue weighted by molar-refractivity contribution is 7.98. The van der Waals surface area contributed by atoms with Crippen LogP contribution in [0.15, 0.2) is 47.1 Å². The zero-order valence-electron chi connectivity index (χ0n) is 13.2. The third-order valence-corrected chi connectivity index (χ3v) is 4.32. The molecule has 4 nitrogen and oxygen atoms in total. The highest BCUT2D eigenvalue weighted by Crippen LogP contribution is 2.23. The van der Waals surface area contributed by atoms with Crippen molar-refractivity contribution in [1.82, 2.24) is 5.32 Å². The van der Waals surface area contributed by atoms with E-state index in [0.717, 1.165) is 41.7 Å². The fourth-order valence-electron chi connectivity index (χ4n) is 1.96. The highest BCUT2D eigenvalue weighted by atomic mass is 32.2. The molecule has 0 saturated heterocycles. The molecular formula is C17H22N2O2S2. The van der Waals surface area contributed by atoms with Gasteiger partial charge in [-0.3, -0.25) is 0 Å². The Bertz CT molecular complexity index is 588. The van der Waals surface area contributed by atoms with Crippen molar-refractivity contribution in [2.24, 2.45) is 0 Å². The maximum absolute atomic E-state index is 5.57. The monoisotopic (exact) mass is 350 g/mol. The summed E-state index contributed by atoms with van der Waals surface area (Å²) in [6.45, 7) is 3.44. The van der Waals surface area contributed by atoms with E-state index < -0.39 is 0 Å². The van der Waals surface area contributed by atoms with E-state index in [0.29, 0.717) is 11.7 Å². The van der Waals surface area contributed by atoms with Crippen LogP contribution in [-0.4, -0.2) is 24.0 Å². The van der Waals surface area contributed by atoms with E-state index in [9.17, 15) is 0 Å². The number of benzene rings is 1. The van der Waals surface area contributed by atoms with E-state index >= 15 is 0 Å². The Balaban J connectivity index is 1.61. The summed E-state index contributed by atoms with van der Waals surface area (Å²) in [4.78, 5) is 0. The van der Waals surface area contributed by atoms with Gasteiger partial charge in [0.1, 0.15) is 11.5 Å². The summed E-state index contributed by atoms with van der Waals surface area (Å²) in [6, 6.07) is 11.7. The van der Waals surface area contributed by atoms with E-state index in [4.69, 9.17) is 21.4 Å². The SMILES string of the molecule is CCOc1ccccc1NC(=S)NCCCSCc1ccco1. The van der Waals surface area contributed by atoms with Crippen LogP contribution in [-0.2, 0) is 5.75 Å². The molecule has 0 aliphatic heterocycles. The van der Waals surface area contributed by atoms with Crippen LogP contribution in [0.1, 0.15) is 19.1 Å². The van der Waals surface area contributed by atoms with Crippen LogP contribution in [0.3, 0.4) is 0 Å². The van der Waals surface area contributed by atoms with Gasteiger partial charge in [0.2, 0.25) is 0 Å². The molecule has 2 N–H and O–H groups in total. The standard InChI is InChI=1S/C17H22N2O2S2/c1-2-20-16-9-4-3-8-15(16)19-17(22)18-10-6-12-23-13-14-7-5-11-21-14/h3-5,7-9,11H,2,6,10,12-13H2,1H3,(H2,18,19,22). The minimum absolute atomic E-state index is 0.619. The average Bonchev–Trinajstić information content (AvgIpc) is 3.06. The fraction of sp³-hybridized carbons (Fsp3) is 0.353. The number of thioether (sulfide) groups is 1. The fourth-order valence-corrected chi connectivity index (χ4v) is 3.03. The first-order chi connectivity index (χ1) is 11.3. The van der Waals surface area contributed by atoms with Gasteiger partial charge in [0.15, 0.2) is 5.11 Å². The maximum atomic E-state index is 5.57. The molecule has 0 atom stereocenters. The lowest BCUT2D eigenvalue weighted by Gasteiger charge is -2.14. The number of hydrogen-bond donors (Lipinski definition) is 2. The van der Waals surface area contributed by atoms with Crippen LogP contribution >= 0.6 is 24.0 Å². The number of para-hydroxylation sites is 2. The molecule has 2 rings (SSSR count). The quantitative estimate of drug-likeness (QED) is 0.520. The minimum atomic E-state index is 0.619. The summed E-state index contributed by atoms with van der Waals surface area (Å²) < 4.78 is 10.9. The summed E-state index contributed by atoms with van der Waals surface area (Å²) >= 11 is 7.18. The van der Waals surface area contributed by atoms with Crippen LogP contribution in [0.4, 0.5) is 5.69 Å². The van der Waals surface area contributed by atoms with Gasteiger partial charge in [-0.15, -0.1) is 0 Å². The van der Waals surface area contributed by atoms with Crippen molar-refractivity contribution in [2.75, 3.05) is 24.2 Å². The van der Waals surface area contributed by atoms with Crippen molar-refractivity contribution < 1.29 is 9.15 Å². The molecule has 0 saturated carbocycles. The van der Waals surface area contributed by atoms with Gasteiger partial charge in [0.05, 0.1) is 24.3 Å². The Hall–Kier alpha value is -1.66. The number of furan rings is 1. The molecule has 6 heteroatoms. The summed E-state index contributed by atoms with van der Waals surface area (Å²) in [6.07, 6.45) is 2.75. The number of thiocarbonyl (C=S) groups is 1. The van der Waals surface area contributed by atoms with Gasteiger partial charge in [-0.1, -0.05) is 12.1 Å². The Morgan fingerprint density at radius 1 is 1.26 bits per heavy atom. The third kappa shape index (κ3) is 6.54. The van der Waals surface area contributed by atoms with Gasteiger partial charge in [-0.2, -0.15) is 11.8 Å². The molecule has 0 bridgehead atoms. The van der Waals surface area contributed by atoms with Gasteiger partial charge in [-0.25, -0.2) is 0 Å². The molecule has 23 heavy (non-hydrogen) atoms. The molecule has 0 spiro atoms. The molecule has 2 aromatic rings. The molecule has 0 radical (unpaired) electrons. The van der Waals surface area contributed by atoms with Crippen molar-refractivity contribution in [3.05, 3.63) is 48.4 Å². The molecule has 1 heterocycles. The van der Waals surface area contributed by atoms with Gasteiger partial charge in [-0.05, 0) is 55.6 Å². The minimum Gasteiger partial charge on any atom is -0.492 e. The van der Waals surface area contributed by atoms with Crippen molar-refractivity contribution in [2.45, 2.75) is 19.1 Å². The Kier molecular flexibility index (Phi) is 7.83. The van der Waals surface area contributed by atoms with Crippen LogP contribution in [0.2, 0.25) is 0 Å². The lowest BCUT2D eigenvalue weighted by Crippen LogP contribution is -2.29. The molecule has 0 aliphatic carbocycles. The van der Waals surface area contributed by atoms with E-state index in [-0.39, 0.29) is 0 Å². The summed E-state index contributed by atoms with van der Waals surface area (Å²) in [5.41, 5.74) is 0.888. The predicted molar refractivity (Wildman–Crippen MR) is 101 cm³/mol. The average molecular weight is 351 g/mol. The number of rotatable bonds is 9. The van der Waals surface area contributed by atoms with Gasteiger partial charge in [0, 0.05) is 6.54 Å². The Labute approximate surface area is 147 Å². The zero-order valence-corrected chi connectivity index (χ0v) is 14.8. The van der Waals surface area contributed by atoms with E-state index in [1.54, 1.807) is 6.26 Å². The molecule has 0 amide bonds. The lowest BCUT2D eigenvalue weighted by molar-refractivity contribution is 0.342. The molecule has 0 unspecified atom stereocenters. The van der Waals surface area contributed by atoms with Gasteiger partial charge >= 0.3 is 0 Å². The van der Waals surface area contributed by atoms with Gasteiger partial charge in [0.25, 0.3) is 0 Å². The first-order valence-electron chi connectivity index (χ1n) is 7.66. The number of nitrogens with one attached hydrogen (secondary N) is 2. The van der Waals surface area contributed by atoms with Crippen LogP contribution in [0.5, 0.6) is 5.75 Å². The van der Waals surface area contributed by atoms with Crippen LogP contribution in [0.25, 0.3) is 0 Å². The number of ether oxygens (including phenoxy) is 1. The van der Waals surface area contributed by atoms with E-state index in [1.165, 1.54) is 0 Å². The van der Waals surface area contributed by atoms with Crippen molar-refractivity contribution in [3.63, 3.8) is 0 Å². The van der Waals surface area contributed by atoms with Crippen molar-refractivity contribution in [3.8, 4) is 5.75 Å². The number of hydrogen-bond acceptors (Lipinski definition) is 4. The number of anilines is 1. The first kappa shape index (κ1) is 17.7. The second-order valence-corrected chi connectivity index (χ2v) is 6.31. The topological polar surface area (TPSA) is 46.4 Å². The van der Waals surface area contributed by atoms with Crippen molar-refractivity contribution in [1.29, 1.82) is 0 Å². The smallest absolute Gasteiger partial charge is 0.170 e. The summed E-state index contributed by atoms with van der Waals surface area (Å²) in [5, 5.41) is 7.02. The second-order valence-electron chi connectivity index (χ2n) is 4.80. The van der Waals surface area contributed by atoms with E-state index in [1.807, 2.05) is 55.1 Å². The third-order valence-electron chi connectivity index (χ3n) is 3.01. The summed E-state index contributed by atoms with van der Waals surface area (Å²) in [5.74, 6) is 3.81. The zero-order chi connectivity index (χ0) is 16.3. The predicted octanol–water partition coefficient (Wildman–Crippen LogP) is 4.29. The molecule has 124 valence electrons. The van der Waals surface area contributed by atoms with E-state index in [2.05, 4.69) is 10.6 Å². The summed E-state index contributed by atoms with van der Waals surface area (Å²) in [7, 11) is 0. The van der Waals surface area contributed by atoms with Gasteiger partial charge < -0.3 is 19.8 Å².